The van der Waals surface area contributed by atoms with E-state index in [1.807, 2.05) is 6.92 Å². The molecule has 0 bridgehead atoms. The van der Waals surface area contributed by atoms with Crippen molar-refractivity contribution in [2.45, 2.75) is 6.92 Å². The van der Waals surface area contributed by atoms with Crippen LogP contribution < -0.4 is 0 Å². The Kier molecular flexibility index (Phi) is 7.34. The molecule has 0 atom stereocenters. The first-order valence-corrected chi connectivity index (χ1v) is 5.78. The van der Waals surface area contributed by atoms with E-state index in [-0.39, 0.29) is 24.3 Å². The van der Waals surface area contributed by atoms with Crippen LogP contribution in [0.15, 0.2) is 0 Å². The molecule has 0 aliphatic heterocycles. The second kappa shape index (κ2) is 7.71. The van der Waals surface area contributed by atoms with Gasteiger partial charge >= 0.3 is 11.9 Å². The highest BCUT2D eigenvalue weighted by Gasteiger charge is 2.18. The quantitative estimate of drug-likeness (QED) is 0.490. The number of hydrogen-bond acceptors (Lipinski definition) is 5. The third kappa shape index (κ3) is 5.89. The van der Waals surface area contributed by atoms with Gasteiger partial charge in [-0.25, -0.2) is 0 Å². The third-order valence-corrected chi connectivity index (χ3v) is 3.22. The van der Waals surface area contributed by atoms with Gasteiger partial charge < -0.3 is 14.0 Å². The van der Waals surface area contributed by atoms with E-state index in [0.717, 1.165) is 0 Å². The van der Waals surface area contributed by atoms with Crippen molar-refractivity contribution in [1.82, 2.24) is 0 Å². The molecule has 0 aromatic heterocycles. The lowest BCUT2D eigenvalue weighted by Gasteiger charge is -2.13. The lowest BCUT2D eigenvalue weighted by molar-refractivity contribution is -0.137. The van der Waals surface area contributed by atoms with Gasteiger partial charge in [-0.1, -0.05) is 0 Å². The van der Waals surface area contributed by atoms with E-state index in [0.29, 0.717) is 6.61 Å². The fraction of sp³-hybridized carbons (Fsp3) is 0.750. The van der Waals surface area contributed by atoms with Crippen LogP contribution in [0.5, 0.6) is 0 Å². The van der Waals surface area contributed by atoms with Crippen molar-refractivity contribution in [2.24, 2.45) is 0 Å². The van der Waals surface area contributed by atoms with Gasteiger partial charge in [-0.05, 0) is 6.92 Å². The van der Waals surface area contributed by atoms with Crippen LogP contribution in [-0.4, -0.2) is 45.1 Å². The van der Waals surface area contributed by atoms with Gasteiger partial charge in [0, 0.05) is 6.61 Å². The molecule has 0 aromatic carbocycles. The molecule has 82 valence electrons. The molecule has 0 aliphatic carbocycles. The summed E-state index contributed by atoms with van der Waals surface area (Å²) in [6, 6.07) is 0. The number of hydrogen-bond donors (Lipinski definition) is 0. The Bertz CT molecular complexity index is 176. The predicted molar refractivity (Wildman–Crippen MR) is 52.3 cm³/mol. The Hall–Kier alpha value is -0.670. The predicted octanol–water partition coefficient (Wildman–Crippen LogP) is 0.766. The molecule has 6 heteroatoms. The van der Waals surface area contributed by atoms with Gasteiger partial charge in [0.15, 0.2) is 0 Å². The smallest absolute Gasteiger partial charge is 0.312 e. The average Bonchev–Trinajstić information content (AvgIpc) is 2.17. The summed E-state index contributed by atoms with van der Waals surface area (Å²) in [5.74, 6) is -0.734. The second-order valence-corrected chi connectivity index (χ2v) is 4.22. The van der Waals surface area contributed by atoms with E-state index in [1.54, 1.807) is 0 Å². The molecular formula is C8H15O5P. The van der Waals surface area contributed by atoms with Crippen molar-refractivity contribution in [2.75, 3.05) is 33.2 Å². The molecule has 14 heavy (non-hydrogen) atoms. The van der Waals surface area contributed by atoms with Crippen LogP contribution in [0.2, 0.25) is 0 Å². The molecule has 0 heterocycles. The molecule has 0 unspecified atom stereocenters. The highest BCUT2D eigenvalue weighted by Crippen LogP contribution is 2.36. The molecule has 0 fully saturated rings. The van der Waals surface area contributed by atoms with Gasteiger partial charge in [0.1, 0.15) is 0 Å². The van der Waals surface area contributed by atoms with E-state index >= 15 is 0 Å². The minimum atomic E-state index is -1.10. The first kappa shape index (κ1) is 13.3. The molecule has 0 amide bonds. The van der Waals surface area contributed by atoms with E-state index in [9.17, 15) is 9.59 Å². The van der Waals surface area contributed by atoms with E-state index in [1.165, 1.54) is 14.2 Å². The molecule has 0 saturated carbocycles. The maximum Gasteiger partial charge on any atom is 0.312 e. The van der Waals surface area contributed by atoms with Gasteiger partial charge in [-0.3, -0.25) is 9.59 Å². The number of esters is 2. The van der Waals surface area contributed by atoms with Gasteiger partial charge in [0.25, 0.3) is 0 Å². The Labute approximate surface area is 84.5 Å². The molecule has 0 aromatic rings. The lowest BCUT2D eigenvalue weighted by atomic mass is 10.8. The monoisotopic (exact) mass is 222 g/mol. The van der Waals surface area contributed by atoms with Crippen LogP contribution in [0.1, 0.15) is 6.92 Å². The summed E-state index contributed by atoms with van der Waals surface area (Å²) < 4.78 is 14.2. The summed E-state index contributed by atoms with van der Waals surface area (Å²) in [5.41, 5.74) is 0. The lowest BCUT2D eigenvalue weighted by Crippen LogP contribution is -2.13. The van der Waals surface area contributed by atoms with Gasteiger partial charge in [0.2, 0.25) is 0 Å². The van der Waals surface area contributed by atoms with E-state index in [2.05, 4.69) is 9.47 Å². The first-order valence-electron chi connectivity index (χ1n) is 4.15. The van der Waals surface area contributed by atoms with E-state index in [4.69, 9.17) is 4.52 Å². The first-order chi connectivity index (χ1) is 6.63. The molecule has 0 N–H and O–H groups in total. The van der Waals surface area contributed by atoms with Crippen molar-refractivity contribution in [3.05, 3.63) is 0 Å². The number of carbonyl (C=O) groups is 2. The van der Waals surface area contributed by atoms with Crippen molar-refractivity contribution in [3.63, 3.8) is 0 Å². The number of carbonyl (C=O) groups excluding carboxylic acids is 2. The number of rotatable bonds is 6. The minimum Gasteiger partial charge on any atom is -0.469 e. The van der Waals surface area contributed by atoms with Crippen molar-refractivity contribution < 1.29 is 23.6 Å². The normalized spacial score (nSPS) is 10.0. The van der Waals surface area contributed by atoms with Gasteiger partial charge in [0.05, 0.1) is 34.7 Å². The van der Waals surface area contributed by atoms with Crippen LogP contribution in [0.4, 0.5) is 0 Å². The van der Waals surface area contributed by atoms with Crippen LogP contribution in [0.25, 0.3) is 0 Å². The molecule has 5 nitrogen and oxygen atoms in total. The van der Waals surface area contributed by atoms with Gasteiger partial charge in [-0.2, -0.15) is 0 Å². The maximum absolute atomic E-state index is 10.9. The fourth-order valence-corrected chi connectivity index (χ4v) is 2.24. The molecule has 0 spiro atoms. The summed E-state index contributed by atoms with van der Waals surface area (Å²) in [6.45, 7) is 2.28. The highest BCUT2D eigenvalue weighted by molar-refractivity contribution is 7.54. The third-order valence-electron chi connectivity index (χ3n) is 1.38. The zero-order valence-corrected chi connectivity index (χ0v) is 9.50. The largest absolute Gasteiger partial charge is 0.469 e. The molecule has 0 saturated heterocycles. The highest BCUT2D eigenvalue weighted by atomic mass is 31.1. The van der Waals surface area contributed by atoms with Crippen molar-refractivity contribution in [1.29, 1.82) is 0 Å². The topological polar surface area (TPSA) is 61.8 Å². The average molecular weight is 222 g/mol. The second-order valence-electron chi connectivity index (χ2n) is 2.37. The summed E-state index contributed by atoms with van der Waals surface area (Å²) >= 11 is 0. The number of methoxy groups -OCH3 is 2. The Morgan fingerprint density at radius 3 is 1.79 bits per heavy atom. The van der Waals surface area contributed by atoms with Crippen LogP contribution in [0, 0.1) is 0 Å². The van der Waals surface area contributed by atoms with Crippen LogP contribution in [-0.2, 0) is 23.6 Å². The van der Waals surface area contributed by atoms with Crippen LogP contribution >= 0.6 is 8.15 Å². The molecule has 0 radical (unpaired) electrons. The molecule has 0 aliphatic rings. The zero-order chi connectivity index (χ0) is 11.0. The van der Waals surface area contributed by atoms with Crippen molar-refractivity contribution >= 4 is 20.1 Å². The Morgan fingerprint density at radius 2 is 1.50 bits per heavy atom. The summed E-state index contributed by atoms with van der Waals surface area (Å²) in [6.07, 6.45) is 0.267. The maximum atomic E-state index is 10.9. The standard InChI is InChI=1S/C8H15O5P/c1-4-13-14(5-7(9)11-2)6-8(10)12-3/h4-6H2,1-3H3. The van der Waals surface area contributed by atoms with Crippen LogP contribution in [0.3, 0.4) is 0 Å². The Balaban J connectivity index is 4.00. The van der Waals surface area contributed by atoms with Gasteiger partial charge in [-0.15, -0.1) is 0 Å². The minimum absolute atomic E-state index is 0.134. The zero-order valence-electron chi connectivity index (χ0n) is 8.61. The SMILES string of the molecule is CCOP(CC(=O)OC)CC(=O)OC. The van der Waals surface area contributed by atoms with Crippen molar-refractivity contribution in [3.8, 4) is 0 Å². The molecule has 0 rings (SSSR count). The number of ether oxygens (including phenoxy) is 2. The summed E-state index contributed by atoms with van der Waals surface area (Å²) in [4.78, 5) is 21.9. The molecular weight excluding hydrogens is 207 g/mol. The summed E-state index contributed by atoms with van der Waals surface area (Å²) in [7, 11) is 1.51. The Morgan fingerprint density at radius 1 is 1.07 bits per heavy atom. The van der Waals surface area contributed by atoms with E-state index < -0.39 is 8.15 Å². The summed E-state index contributed by atoms with van der Waals surface area (Å²) in [5, 5.41) is 0. The fourth-order valence-electron chi connectivity index (χ4n) is 0.747.